The molecule has 2 atom stereocenters. The number of thioether (sulfide) groups is 1. The molecule has 1 aromatic carbocycles. The normalized spacial score (nSPS) is 19.8. The number of hydrogen-bond donors (Lipinski definition) is 4. The Bertz CT molecular complexity index is 749. The zero-order valence-electron chi connectivity index (χ0n) is 13.2. The Morgan fingerprint density at radius 2 is 2.16 bits per heavy atom. The molecular weight excluding hydrogens is 348 g/mol. The molecule has 1 fully saturated rings. The number of aromatic hydroxyl groups is 1. The maximum Gasteiger partial charge on any atom is 0.325 e. The van der Waals surface area contributed by atoms with Crippen LogP contribution in [-0.2, 0) is 14.4 Å². The van der Waals surface area contributed by atoms with Crippen molar-refractivity contribution >= 4 is 40.9 Å². The van der Waals surface area contributed by atoms with E-state index in [4.69, 9.17) is 5.11 Å². The second-order valence-corrected chi connectivity index (χ2v) is 6.33. The fraction of sp³-hybridized carbons (Fsp3) is 0.267. The first kappa shape index (κ1) is 18.5. The molecule has 4 N–H and O–H groups in total. The van der Waals surface area contributed by atoms with E-state index in [2.05, 4.69) is 20.8 Å². The van der Waals surface area contributed by atoms with E-state index in [1.54, 1.807) is 18.2 Å². The predicted octanol–water partition coefficient (Wildman–Crippen LogP) is 0.293. The number of carboxylic acid groups (broad SMARTS) is 1. The lowest BCUT2D eigenvalue weighted by atomic mass is 10.2. The summed E-state index contributed by atoms with van der Waals surface area (Å²) in [5.74, 6) is -2.05. The van der Waals surface area contributed by atoms with Gasteiger partial charge in [-0.3, -0.25) is 14.4 Å². The van der Waals surface area contributed by atoms with E-state index in [9.17, 15) is 19.5 Å². The number of aliphatic carboxylic acids is 1. The maximum atomic E-state index is 11.8. The fourth-order valence-corrected chi connectivity index (χ4v) is 2.78. The van der Waals surface area contributed by atoms with Crippen LogP contribution in [0, 0.1) is 0 Å². The number of carbonyl (C=O) groups is 3. The van der Waals surface area contributed by atoms with Gasteiger partial charge < -0.3 is 20.8 Å². The van der Waals surface area contributed by atoms with Crippen LogP contribution in [0.25, 0.3) is 0 Å². The van der Waals surface area contributed by atoms with Crippen LogP contribution in [0.4, 0.5) is 0 Å². The molecule has 1 saturated heterocycles. The molecule has 25 heavy (non-hydrogen) atoms. The number of amides is 2. The zero-order valence-corrected chi connectivity index (χ0v) is 14.0. The number of benzene rings is 1. The summed E-state index contributed by atoms with van der Waals surface area (Å²) < 4.78 is 0. The molecule has 9 nitrogen and oxygen atoms in total. The lowest BCUT2D eigenvalue weighted by Crippen LogP contribution is -2.40. The van der Waals surface area contributed by atoms with Gasteiger partial charge in [0.05, 0.1) is 6.21 Å². The summed E-state index contributed by atoms with van der Waals surface area (Å²) in [7, 11) is 0. The van der Waals surface area contributed by atoms with Crippen LogP contribution in [0.2, 0.25) is 0 Å². The third-order valence-electron chi connectivity index (χ3n) is 3.18. The summed E-state index contributed by atoms with van der Waals surface area (Å²) in [5.41, 5.74) is 0.472. The molecular formula is C15H16N4O5S. The van der Waals surface area contributed by atoms with Crippen molar-refractivity contribution in [2.45, 2.75) is 24.6 Å². The van der Waals surface area contributed by atoms with Gasteiger partial charge in [0.15, 0.2) is 5.17 Å². The monoisotopic (exact) mass is 364 g/mol. The van der Waals surface area contributed by atoms with Crippen molar-refractivity contribution in [3.63, 3.8) is 0 Å². The first-order valence-corrected chi connectivity index (χ1v) is 8.13. The van der Waals surface area contributed by atoms with Gasteiger partial charge in [-0.2, -0.15) is 5.10 Å². The van der Waals surface area contributed by atoms with Crippen molar-refractivity contribution in [3.05, 3.63) is 29.8 Å². The molecule has 0 saturated carbocycles. The summed E-state index contributed by atoms with van der Waals surface area (Å²) in [6.07, 6.45) is 1.17. The van der Waals surface area contributed by atoms with Crippen molar-refractivity contribution in [1.82, 2.24) is 10.6 Å². The minimum atomic E-state index is -1.15. The Morgan fingerprint density at radius 3 is 2.84 bits per heavy atom. The number of phenols is 1. The quantitative estimate of drug-likeness (QED) is 0.422. The smallest absolute Gasteiger partial charge is 0.325 e. The highest BCUT2D eigenvalue weighted by molar-refractivity contribution is 8.15. The predicted molar refractivity (Wildman–Crippen MR) is 92.5 cm³/mol. The van der Waals surface area contributed by atoms with Crippen LogP contribution in [0.1, 0.15) is 18.9 Å². The number of hydrogen-bond acceptors (Lipinski definition) is 7. The molecule has 2 amide bonds. The largest absolute Gasteiger partial charge is 0.507 e. The van der Waals surface area contributed by atoms with Gasteiger partial charge in [-0.05, 0) is 19.1 Å². The highest BCUT2D eigenvalue weighted by atomic mass is 32.2. The average molecular weight is 364 g/mol. The lowest BCUT2D eigenvalue weighted by molar-refractivity contribution is -0.141. The molecule has 1 heterocycles. The fourth-order valence-electron chi connectivity index (χ4n) is 1.86. The number of rotatable bonds is 6. The first-order valence-electron chi connectivity index (χ1n) is 7.25. The number of carboxylic acids is 1. The van der Waals surface area contributed by atoms with E-state index in [0.717, 1.165) is 11.8 Å². The number of nitrogens with one attached hydrogen (secondary N) is 2. The van der Waals surface area contributed by atoms with Crippen LogP contribution in [0.3, 0.4) is 0 Å². The molecule has 0 aromatic heterocycles. The van der Waals surface area contributed by atoms with E-state index in [1.807, 2.05) is 0 Å². The number of para-hydroxylation sites is 1. The second kappa shape index (κ2) is 8.29. The van der Waals surface area contributed by atoms with Crippen molar-refractivity contribution in [1.29, 1.82) is 0 Å². The molecule has 0 unspecified atom stereocenters. The minimum Gasteiger partial charge on any atom is -0.507 e. The highest BCUT2D eigenvalue weighted by Crippen LogP contribution is 2.22. The molecule has 1 aromatic rings. The Morgan fingerprint density at radius 1 is 1.44 bits per heavy atom. The first-order chi connectivity index (χ1) is 11.9. The Labute approximate surface area is 147 Å². The summed E-state index contributed by atoms with van der Waals surface area (Å²) in [4.78, 5) is 34.3. The zero-order chi connectivity index (χ0) is 18.4. The Kier molecular flexibility index (Phi) is 6.12. The van der Waals surface area contributed by atoms with Crippen molar-refractivity contribution in [2.24, 2.45) is 10.2 Å². The number of carbonyl (C=O) groups excluding carboxylic acids is 2. The van der Waals surface area contributed by atoms with Crippen LogP contribution >= 0.6 is 11.8 Å². The standard InChI is InChI=1S/C15H16N4O5S/c1-8(14(23)24)17-12(21)6-11-13(22)18-15(25-11)19-16-7-9-4-2-3-5-10(9)20/h2-5,7-8,11,20H,6H2,1H3,(H,17,21)(H,23,24)(H,18,19,22)/b16-7-/t8-,11+/m0/s1. The van der Waals surface area contributed by atoms with Gasteiger partial charge in [-0.25, -0.2) is 0 Å². The highest BCUT2D eigenvalue weighted by Gasteiger charge is 2.32. The molecule has 0 spiro atoms. The SMILES string of the molecule is C[C@H](NC(=O)C[C@H]1SC(=N/N=C\c2ccccc2O)NC1=O)C(=O)O. The van der Waals surface area contributed by atoms with Crippen LogP contribution in [0.15, 0.2) is 34.5 Å². The van der Waals surface area contributed by atoms with Crippen LogP contribution < -0.4 is 10.6 Å². The molecule has 1 aliphatic rings. The Balaban J connectivity index is 1.92. The van der Waals surface area contributed by atoms with Gasteiger partial charge in [-0.15, -0.1) is 5.10 Å². The summed E-state index contributed by atoms with van der Waals surface area (Å²) in [6, 6.07) is 5.53. The molecule has 0 aliphatic carbocycles. The van der Waals surface area contributed by atoms with Gasteiger partial charge in [0.1, 0.15) is 17.0 Å². The molecule has 0 radical (unpaired) electrons. The van der Waals surface area contributed by atoms with Crippen molar-refractivity contribution < 1.29 is 24.6 Å². The number of phenolic OH excluding ortho intramolecular Hbond substituents is 1. The van der Waals surface area contributed by atoms with Crippen LogP contribution in [-0.4, -0.2) is 50.7 Å². The minimum absolute atomic E-state index is 0.0525. The Hall–Kier alpha value is -2.88. The molecule has 0 bridgehead atoms. The molecule has 10 heteroatoms. The molecule has 132 valence electrons. The van der Waals surface area contributed by atoms with E-state index in [-0.39, 0.29) is 17.3 Å². The van der Waals surface area contributed by atoms with E-state index in [0.29, 0.717) is 5.56 Å². The molecule has 2 rings (SSSR count). The second-order valence-electron chi connectivity index (χ2n) is 5.14. The van der Waals surface area contributed by atoms with E-state index in [1.165, 1.54) is 19.2 Å². The summed E-state index contributed by atoms with van der Waals surface area (Å²) in [6.45, 7) is 1.34. The third kappa shape index (κ3) is 5.31. The lowest BCUT2D eigenvalue weighted by Gasteiger charge is -2.10. The average Bonchev–Trinajstić information content (AvgIpc) is 2.88. The number of amidine groups is 1. The third-order valence-corrected chi connectivity index (χ3v) is 4.25. The van der Waals surface area contributed by atoms with Crippen molar-refractivity contribution in [3.8, 4) is 5.75 Å². The maximum absolute atomic E-state index is 11.8. The van der Waals surface area contributed by atoms with Gasteiger partial charge in [0, 0.05) is 12.0 Å². The number of nitrogens with zero attached hydrogens (tertiary/aromatic N) is 2. The van der Waals surface area contributed by atoms with Crippen LogP contribution in [0.5, 0.6) is 5.75 Å². The summed E-state index contributed by atoms with van der Waals surface area (Å²) in [5, 5.41) is 30.3. The molecule has 1 aliphatic heterocycles. The van der Waals surface area contributed by atoms with Gasteiger partial charge in [0.2, 0.25) is 11.8 Å². The van der Waals surface area contributed by atoms with Gasteiger partial charge in [-0.1, -0.05) is 23.9 Å². The summed E-state index contributed by atoms with van der Waals surface area (Å²) >= 11 is 1.03. The van der Waals surface area contributed by atoms with Gasteiger partial charge >= 0.3 is 5.97 Å². The van der Waals surface area contributed by atoms with E-state index < -0.39 is 29.1 Å². The van der Waals surface area contributed by atoms with Gasteiger partial charge in [0.25, 0.3) is 0 Å². The topological polar surface area (TPSA) is 140 Å². The van der Waals surface area contributed by atoms with Crippen molar-refractivity contribution in [2.75, 3.05) is 0 Å². The van der Waals surface area contributed by atoms with E-state index >= 15 is 0 Å².